The van der Waals surface area contributed by atoms with Gasteiger partial charge >= 0.3 is 0 Å². The van der Waals surface area contributed by atoms with Crippen LogP contribution in [-0.4, -0.2) is 10.1 Å². The van der Waals surface area contributed by atoms with Gasteiger partial charge in [0.2, 0.25) is 0 Å². The van der Waals surface area contributed by atoms with Crippen molar-refractivity contribution in [3.63, 3.8) is 0 Å². The maximum atomic E-state index is 13.7. The van der Waals surface area contributed by atoms with E-state index in [4.69, 9.17) is 0 Å². The van der Waals surface area contributed by atoms with E-state index >= 15 is 0 Å². The zero-order valence-electron chi connectivity index (χ0n) is 9.30. The number of aliphatic hydroxyl groups excluding tert-OH is 1. The molecule has 4 heteroatoms. The highest BCUT2D eigenvalue weighted by molar-refractivity contribution is 7.99. The van der Waals surface area contributed by atoms with Crippen LogP contribution in [0.5, 0.6) is 0 Å². The maximum Gasteiger partial charge on any atom is 0.137 e. The molecule has 1 aromatic heterocycles. The van der Waals surface area contributed by atoms with Crippen LogP contribution in [0, 0.1) is 5.82 Å². The number of aromatic nitrogens is 1. The Kier molecular flexibility index (Phi) is 3.76. The van der Waals surface area contributed by atoms with Crippen molar-refractivity contribution in [1.29, 1.82) is 0 Å². The smallest absolute Gasteiger partial charge is 0.137 e. The van der Waals surface area contributed by atoms with Crippen molar-refractivity contribution in [1.82, 2.24) is 4.98 Å². The second kappa shape index (κ2) is 5.29. The Balaban J connectivity index is 2.23. The van der Waals surface area contributed by atoms with Crippen molar-refractivity contribution >= 4 is 11.8 Å². The lowest BCUT2D eigenvalue weighted by Crippen LogP contribution is -1.93. The number of pyridine rings is 1. The van der Waals surface area contributed by atoms with Crippen molar-refractivity contribution < 1.29 is 9.50 Å². The van der Waals surface area contributed by atoms with Gasteiger partial charge in [-0.2, -0.15) is 0 Å². The van der Waals surface area contributed by atoms with Crippen molar-refractivity contribution in [3.05, 3.63) is 54.0 Å². The van der Waals surface area contributed by atoms with Gasteiger partial charge < -0.3 is 5.11 Å². The standard InChI is InChI=1S/C13H12FNOS/c1-9(16)10-5-6-12(11(14)8-10)17-13-4-2-3-7-15-13/h2-9,16H,1H3. The minimum Gasteiger partial charge on any atom is -0.389 e. The van der Waals surface area contributed by atoms with Crippen LogP contribution in [0.15, 0.2) is 52.5 Å². The molecule has 1 atom stereocenters. The Bertz CT molecular complexity index is 502. The van der Waals surface area contributed by atoms with E-state index in [1.165, 1.54) is 17.8 Å². The Morgan fingerprint density at radius 2 is 2.12 bits per heavy atom. The average Bonchev–Trinajstić information content (AvgIpc) is 2.33. The molecule has 0 saturated heterocycles. The van der Waals surface area contributed by atoms with Crippen molar-refractivity contribution in [2.75, 3.05) is 0 Å². The van der Waals surface area contributed by atoms with Gasteiger partial charge in [-0.1, -0.05) is 23.9 Å². The maximum absolute atomic E-state index is 13.7. The molecule has 88 valence electrons. The summed E-state index contributed by atoms with van der Waals surface area (Å²) in [7, 11) is 0. The van der Waals surface area contributed by atoms with Crippen LogP contribution < -0.4 is 0 Å². The van der Waals surface area contributed by atoms with Gasteiger partial charge in [0.05, 0.1) is 6.10 Å². The second-order valence-electron chi connectivity index (χ2n) is 3.64. The zero-order valence-corrected chi connectivity index (χ0v) is 10.1. The quantitative estimate of drug-likeness (QED) is 0.904. The molecule has 1 N–H and O–H groups in total. The minimum absolute atomic E-state index is 0.334. The molecule has 0 amide bonds. The molecule has 1 unspecified atom stereocenters. The first kappa shape index (κ1) is 12.1. The Labute approximate surface area is 104 Å². The molecule has 0 saturated carbocycles. The third kappa shape index (κ3) is 3.05. The van der Waals surface area contributed by atoms with Crippen LogP contribution >= 0.6 is 11.8 Å². The number of benzene rings is 1. The number of rotatable bonds is 3. The third-order valence-electron chi connectivity index (χ3n) is 2.29. The van der Waals surface area contributed by atoms with Gasteiger partial charge in [0.25, 0.3) is 0 Å². The Hall–Kier alpha value is -1.39. The monoisotopic (exact) mass is 249 g/mol. The van der Waals surface area contributed by atoms with Crippen LogP contribution in [0.4, 0.5) is 4.39 Å². The molecule has 17 heavy (non-hydrogen) atoms. The van der Waals surface area contributed by atoms with Gasteiger partial charge in [0.15, 0.2) is 0 Å². The molecule has 0 fully saturated rings. The van der Waals surface area contributed by atoms with Crippen molar-refractivity contribution in [2.24, 2.45) is 0 Å². The number of aliphatic hydroxyl groups is 1. The first-order valence-electron chi connectivity index (χ1n) is 5.23. The fraction of sp³-hybridized carbons (Fsp3) is 0.154. The number of halogens is 1. The van der Waals surface area contributed by atoms with E-state index < -0.39 is 6.10 Å². The molecule has 0 aliphatic carbocycles. The summed E-state index contributed by atoms with van der Waals surface area (Å²) in [5.41, 5.74) is 0.577. The minimum atomic E-state index is -0.654. The molecule has 0 aliphatic heterocycles. The number of hydrogen-bond acceptors (Lipinski definition) is 3. The molecule has 0 spiro atoms. The Morgan fingerprint density at radius 1 is 1.29 bits per heavy atom. The van der Waals surface area contributed by atoms with Crippen LogP contribution in [-0.2, 0) is 0 Å². The van der Waals surface area contributed by atoms with E-state index in [1.54, 1.807) is 25.3 Å². The SMILES string of the molecule is CC(O)c1ccc(Sc2ccccn2)c(F)c1. The molecule has 2 rings (SSSR count). The van der Waals surface area contributed by atoms with E-state index in [2.05, 4.69) is 4.98 Å². The summed E-state index contributed by atoms with van der Waals surface area (Å²) in [5.74, 6) is -0.334. The lowest BCUT2D eigenvalue weighted by Gasteiger charge is -2.07. The van der Waals surface area contributed by atoms with Crippen molar-refractivity contribution in [3.8, 4) is 0 Å². The summed E-state index contributed by atoms with van der Waals surface area (Å²) >= 11 is 1.27. The second-order valence-corrected chi connectivity index (χ2v) is 4.70. The van der Waals surface area contributed by atoms with Crippen molar-refractivity contribution in [2.45, 2.75) is 22.9 Å². The average molecular weight is 249 g/mol. The normalized spacial score (nSPS) is 12.4. The molecule has 1 heterocycles. The van der Waals surface area contributed by atoms with Crippen LogP contribution in [0.2, 0.25) is 0 Å². The Morgan fingerprint density at radius 3 is 2.71 bits per heavy atom. The van der Waals surface area contributed by atoms with E-state index in [-0.39, 0.29) is 5.82 Å². The predicted molar refractivity (Wildman–Crippen MR) is 65.4 cm³/mol. The van der Waals surface area contributed by atoms with Crippen LogP contribution in [0.25, 0.3) is 0 Å². The van der Waals surface area contributed by atoms with Gasteiger partial charge in [-0.05, 0) is 36.8 Å². The largest absolute Gasteiger partial charge is 0.389 e. The highest BCUT2D eigenvalue weighted by atomic mass is 32.2. The molecule has 0 radical (unpaired) electrons. The molecule has 1 aromatic carbocycles. The first-order valence-corrected chi connectivity index (χ1v) is 6.05. The molecule has 2 nitrogen and oxygen atoms in total. The highest BCUT2D eigenvalue weighted by Gasteiger charge is 2.08. The van der Waals surface area contributed by atoms with E-state index in [0.29, 0.717) is 10.5 Å². The summed E-state index contributed by atoms with van der Waals surface area (Å²) < 4.78 is 13.7. The molecule has 2 aromatic rings. The van der Waals surface area contributed by atoms with Crippen LogP contribution in [0.1, 0.15) is 18.6 Å². The van der Waals surface area contributed by atoms with Crippen LogP contribution in [0.3, 0.4) is 0 Å². The lowest BCUT2D eigenvalue weighted by molar-refractivity contribution is 0.198. The summed E-state index contributed by atoms with van der Waals surface area (Å²) in [6.07, 6.45) is 1.02. The summed E-state index contributed by atoms with van der Waals surface area (Å²) in [6, 6.07) is 10.2. The molecule has 0 bridgehead atoms. The van der Waals surface area contributed by atoms with Gasteiger partial charge in [-0.3, -0.25) is 0 Å². The van der Waals surface area contributed by atoms with Gasteiger partial charge in [0, 0.05) is 11.1 Å². The fourth-order valence-corrected chi connectivity index (χ4v) is 2.16. The van der Waals surface area contributed by atoms with Gasteiger partial charge in [0.1, 0.15) is 10.8 Å². The molecule has 0 aliphatic rings. The van der Waals surface area contributed by atoms with E-state index in [0.717, 1.165) is 5.03 Å². The highest BCUT2D eigenvalue weighted by Crippen LogP contribution is 2.29. The fourth-order valence-electron chi connectivity index (χ4n) is 1.38. The van der Waals surface area contributed by atoms with Gasteiger partial charge in [-0.25, -0.2) is 9.37 Å². The lowest BCUT2D eigenvalue weighted by atomic mass is 10.1. The van der Waals surface area contributed by atoms with E-state index in [9.17, 15) is 9.50 Å². The molecular formula is C13H12FNOS. The number of hydrogen-bond donors (Lipinski definition) is 1. The van der Waals surface area contributed by atoms with Gasteiger partial charge in [-0.15, -0.1) is 0 Å². The number of nitrogens with zero attached hydrogens (tertiary/aromatic N) is 1. The third-order valence-corrected chi connectivity index (χ3v) is 3.29. The summed E-state index contributed by atoms with van der Waals surface area (Å²) in [5, 5.41) is 10.1. The topological polar surface area (TPSA) is 33.1 Å². The molecular weight excluding hydrogens is 237 g/mol. The van der Waals surface area contributed by atoms with E-state index in [1.807, 2.05) is 18.2 Å². The summed E-state index contributed by atoms with van der Waals surface area (Å²) in [6.45, 7) is 1.61. The predicted octanol–water partition coefficient (Wildman–Crippen LogP) is 3.43. The summed E-state index contributed by atoms with van der Waals surface area (Å²) in [4.78, 5) is 4.63. The zero-order chi connectivity index (χ0) is 12.3. The first-order chi connectivity index (χ1) is 8.16.